The highest BCUT2D eigenvalue weighted by atomic mass is 32.1. The molecule has 0 saturated carbocycles. The minimum Gasteiger partial charge on any atom is -0.135 e. The van der Waals surface area contributed by atoms with Crippen LogP contribution in [0.15, 0.2) is 170 Å². The van der Waals surface area contributed by atoms with Gasteiger partial charge in [0, 0.05) is 51.5 Å². The summed E-state index contributed by atoms with van der Waals surface area (Å²) in [5, 5.41) is 13.0. The highest BCUT2D eigenvalue weighted by Gasteiger charge is 2.22. The van der Waals surface area contributed by atoms with E-state index in [1.54, 1.807) is 0 Å². The van der Waals surface area contributed by atoms with Gasteiger partial charge < -0.3 is 0 Å². The first-order valence-electron chi connectivity index (χ1n) is 17.1. The van der Waals surface area contributed by atoms with E-state index in [2.05, 4.69) is 170 Å². The first kappa shape index (κ1) is 28.1. The van der Waals surface area contributed by atoms with Crippen LogP contribution in [0, 0.1) is 0 Å². The molecule has 2 heteroatoms. The number of rotatable bonds is 3. The molecule has 0 aliphatic rings. The maximum atomic E-state index is 2.46. The lowest BCUT2D eigenvalue weighted by Crippen LogP contribution is -1.92. The lowest BCUT2D eigenvalue weighted by atomic mass is 9.84. The molecule has 0 nitrogen and oxygen atoms in total. The Morgan fingerprint density at radius 3 is 1.38 bits per heavy atom. The Morgan fingerprint density at radius 2 is 0.740 bits per heavy atom. The van der Waals surface area contributed by atoms with E-state index in [-0.39, 0.29) is 0 Å². The summed E-state index contributed by atoms with van der Waals surface area (Å²) in [6, 6.07) is 63.2. The van der Waals surface area contributed by atoms with Gasteiger partial charge in [0.05, 0.1) is 0 Å². The zero-order chi connectivity index (χ0) is 32.8. The Balaban J connectivity index is 1.30. The van der Waals surface area contributed by atoms with Crippen molar-refractivity contribution in [3.05, 3.63) is 170 Å². The summed E-state index contributed by atoms with van der Waals surface area (Å²) in [7, 11) is 0. The van der Waals surface area contributed by atoms with Crippen molar-refractivity contribution in [2.75, 3.05) is 0 Å². The number of hydrogen-bond acceptors (Lipinski definition) is 2. The average molecular weight is 669 g/mol. The zero-order valence-corrected chi connectivity index (χ0v) is 28.6. The molecule has 0 aliphatic heterocycles. The van der Waals surface area contributed by atoms with Crippen LogP contribution in [-0.4, -0.2) is 0 Å². The van der Waals surface area contributed by atoms with Gasteiger partial charge in [0.2, 0.25) is 0 Å². The van der Waals surface area contributed by atoms with Crippen molar-refractivity contribution in [1.82, 2.24) is 0 Å². The van der Waals surface area contributed by atoms with Crippen LogP contribution in [0.4, 0.5) is 0 Å². The summed E-state index contributed by atoms with van der Waals surface area (Å²) in [5.74, 6) is 0. The van der Waals surface area contributed by atoms with E-state index < -0.39 is 0 Å². The van der Waals surface area contributed by atoms with Crippen molar-refractivity contribution in [1.29, 1.82) is 0 Å². The Hall–Kier alpha value is -5.80. The fraction of sp³-hybridized carbons (Fsp3) is 0. The molecule has 0 atom stereocenters. The van der Waals surface area contributed by atoms with Gasteiger partial charge in [-0.25, -0.2) is 0 Å². The van der Waals surface area contributed by atoms with Gasteiger partial charge in [-0.05, 0) is 78.8 Å². The molecule has 0 spiro atoms. The summed E-state index contributed by atoms with van der Waals surface area (Å²) in [6.45, 7) is 0. The van der Waals surface area contributed by atoms with E-state index in [1.807, 2.05) is 22.7 Å². The van der Waals surface area contributed by atoms with Crippen LogP contribution in [-0.2, 0) is 0 Å². The average Bonchev–Trinajstić information content (AvgIpc) is 3.76. The summed E-state index contributed by atoms with van der Waals surface area (Å²) < 4.78 is 5.34. The molecule has 232 valence electrons. The number of thiophene rings is 2. The predicted molar refractivity (Wildman–Crippen MR) is 221 cm³/mol. The van der Waals surface area contributed by atoms with Crippen molar-refractivity contribution in [3.63, 3.8) is 0 Å². The van der Waals surface area contributed by atoms with Crippen LogP contribution in [0.2, 0.25) is 0 Å². The maximum Gasteiger partial charge on any atom is 0.0434 e. The molecule has 0 fully saturated rings. The second-order valence-corrected chi connectivity index (χ2v) is 15.3. The van der Waals surface area contributed by atoms with Crippen LogP contribution < -0.4 is 0 Å². The Kier molecular flexibility index (Phi) is 6.09. The lowest BCUT2D eigenvalue weighted by molar-refractivity contribution is 1.67. The van der Waals surface area contributed by atoms with Crippen molar-refractivity contribution in [3.8, 4) is 33.4 Å². The van der Waals surface area contributed by atoms with E-state index in [9.17, 15) is 0 Å². The van der Waals surface area contributed by atoms with Crippen molar-refractivity contribution in [2.45, 2.75) is 0 Å². The van der Waals surface area contributed by atoms with Gasteiger partial charge in [0.15, 0.2) is 0 Å². The normalized spacial score (nSPS) is 12.0. The number of hydrogen-bond donors (Lipinski definition) is 0. The van der Waals surface area contributed by atoms with Gasteiger partial charge in [-0.1, -0.05) is 146 Å². The summed E-state index contributed by atoms with van der Waals surface area (Å²) >= 11 is 3.82. The molecule has 50 heavy (non-hydrogen) atoms. The molecule has 0 aliphatic carbocycles. The topological polar surface area (TPSA) is 0 Å². The van der Waals surface area contributed by atoms with Crippen molar-refractivity contribution in [2.24, 2.45) is 0 Å². The van der Waals surface area contributed by atoms with Crippen molar-refractivity contribution >= 4 is 95.3 Å². The quantitative estimate of drug-likeness (QED) is 0.164. The molecule has 9 aromatic carbocycles. The van der Waals surface area contributed by atoms with Gasteiger partial charge in [-0.15, -0.1) is 22.7 Å². The summed E-state index contributed by atoms with van der Waals surface area (Å²) in [5.41, 5.74) is 7.68. The molecule has 0 saturated heterocycles. The fourth-order valence-corrected chi connectivity index (χ4v) is 10.6. The number of fused-ring (bicyclic) bond motifs is 9. The van der Waals surface area contributed by atoms with Crippen LogP contribution in [0.25, 0.3) is 106 Å². The molecule has 11 rings (SSSR count). The van der Waals surface area contributed by atoms with E-state index in [4.69, 9.17) is 0 Å². The molecule has 0 radical (unpaired) electrons. The van der Waals surface area contributed by atoms with Gasteiger partial charge >= 0.3 is 0 Å². The zero-order valence-electron chi connectivity index (χ0n) is 27.0. The molecular weight excluding hydrogens is 641 g/mol. The largest absolute Gasteiger partial charge is 0.135 e. The minimum atomic E-state index is 1.23. The standard InChI is InChI=1S/C48H28S2/c1-2-12-30-27-31(24-23-29(30)11-1)32-25-26-37-42(28-32)46(41-20-10-18-39-34-14-6-8-22-44(34)50-48(39)41)36-16-4-3-15-35(36)45(37)40-19-9-17-38-33-13-5-7-21-43(33)49-47(38)40/h1-28H. The second kappa shape index (κ2) is 10.9. The second-order valence-electron chi connectivity index (χ2n) is 13.2. The molecule has 0 unspecified atom stereocenters. The van der Waals surface area contributed by atoms with Gasteiger partial charge in [0.25, 0.3) is 0 Å². The van der Waals surface area contributed by atoms with Crippen LogP contribution in [0.5, 0.6) is 0 Å². The first-order valence-corrected chi connectivity index (χ1v) is 18.7. The van der Waals surface area contributed by atoms with E-state index in [0.717, 1.165) is 0 Å². The molecule has 0 N–H and O–H groups in total. The Bertz CT molecular complexity index is 3160. The highest BCUT2D eigenvalue weighted by Crippen LogP contribution is 2.50. The molecule has 11 aromatic rings. The van der Waals surface area contributed by atoms with Crippen LogP contribution in [0.1, 0.15) is 0 Å². The summed E-state index contributed by atoms with van der Waals surface area (Å²) in [6.07, 6.45) is 0. The molecule has 2 aromatic heterocycles. The highest BCUT2D eigenvalue weighted by molar-refractivity contribution is 7.26. The fourth-order valence-electron chi connectivity index (χ4n) is 8.20. The predicted octanol–water partition coefficient (Wildman–Crippen LogP) is 14.9. The SMILES string of the molecule is c1ccc2cc(-c3ccc4c(-c5cccc6c5sc5ccccc56)c5ccccc5c(-c5cccc6c5sc5ccccc56)c4c3)ccc2c1. The van der Waals surface area contributed by atoms with Crippen LogP contribution >= 0.6 is 22.7 Å². The number of benzene rings is 9. The van der Waals surface area contributed by atoms with Crippen molar-refractivity contribution < 1.29 is 0 Å². The lowest BCUT2D eigenvalue weighted by Gasteiger charge is -2.19. The molecule has 2 heterocycles. The monoisotopic (exact) mass is 668 g/mol. The van der Waals surface area contributed by atoms with Gasteiger partial charge in [0.1, 0.15) is 0 Å². The smallest absolute Gasteiger partial charge is 0.0434 e. The molecule has 0 bridgehead atoms. The first-order chi connectivity index (χ1) is 24.8. The third-order valence-corrected chi connectivity index (χ3v) is 12.9. The molecule has 0 amide bonds. The third-order valence-electron chi connectivity index (χ3n) is 10.5. The third kappa shape index (κ3) is 4.10. The van der Waals surface area contributed by atoms with E-state index >= 15 is 0 Å². The van der Waals surface area contributed by atoms with Gasteiger partial charge in [-0.2, -0.15) is 0 Å². The summed E-state index contributed by atoms with van der Waals surface area (Å²) in [4.78, 5) is 0. The Morgan fingerprint density at radius 1 is 0.280 bits per heavy atom. The van der Waals surface area contributed by atoms with Crippen LogP contribution in [0.3, 0.4) is 0 Å². The molecular formula is C48H28S2. The minimum absolute atomic E-state index is 1.23. The van der Waals surface area contributed by atoms with E-state index in [1.165, 1.54) is 106 Å². The van der Waals surface area contributed by atoms with Gasteiger partial charge in [-0.3, -0.25) is 0 Å². The van der Waals surface area contributed by atoms with E-state index in [0.29, 0.717) is 0 Å². The maximum absolute atomic E-state index is 2.46. The Labute approximate surface area is 297 Å².